The Morgan fingerprint density at radius 2 is 1.91 bits per heavy atom. The van der Waals surface area contributed by atoms with E-state index >= 15 is 0 Å². The Morgan fingerprint density at radius 1 is 1.19 bits per heavy atom. The van der Waals surface area contributed by atoms with Crippen molar-refractivity contribution < 1.29 is 33.2 Å². The second kappa shape index (κ2) is 7.56. The maximum absolute atomic E-state index is 13.1. The van der Waals surface area contributed by atoms with E-state index in [1.54, 1.807) is 39.8 Å². The van der Waals surface area contributed by atoms with Crippen molar-refractivity contribution in [3.05, 3.63) is 63.6 Å². The minimum absolute atomic E-state index is 0.112. The van der Waals surface area contributed by atoms with Crippen LogP contribution in [0.2, 0.25) is 0 Å². The first-order valence-electron chi connectivity index (χ1n) is 9.74. The molecule has 32 heavy (non-hydrogen) atoms. The van der Waals surface area contributed by atoms with E-state index < -0.39 is 29.5 Å². The third kappa shape index (κ3) is 3.11. The molecular weight excluding hydrogens is 418 g/mol. The van der Waals surface area contributed by atoms with E-state index in [9.17, 15) is 19.5 Å². The van der Waals surface area contributed by atoms with E-state index in [0.29, 0.717) is 22.8 Å². The number of esters is 1. The number of carbonyl (C=O) groups excluding carboxylic acids is 3. The van der Waals surface area contributed by atoms with Gasteiger partial charge in [-0.25, -0.2) is 4.79 Å². The summed E-state index contributed by atoms with van der Waals surface area (Å²) in [5, 5.41) is 15.1. The van der Waals surface area contributed by atoms with Crippen LogP contribution >= 0.6 is 0 Å². The number of aromatic nitrogens is 2. The molecule has 0 spiro atoms. The van der Waals surface area contributed by atoms with Gasteiger partial charge >= 0.3 is 11.9 Å². The number of anilines is 1. The zero-order chi connectivity index (χ0) is 23.3. The first-order chi connectivity index (χ1) is 15.1. The average Bonchev–Trinajstić information content (AvgIpc) is 3.49. The highest BCUT2D eigenvalue weighted by atomic mass is 16.5. The molecule has 10 nitrogen and oxygen atoms in total. The number of H-pyrrole nitrogens is 1. The van der Waals surface area contributed by atoms with E-state index in [4.69, 9.17) is 13.7 Å². The fourth-order valence-corrected chi connectivity index (χ4v) is 3.95. The first kappa shape index (κ1) is 21.2. The summed E-state index contributed by atoms with van der Waals surface area (Å²) < 4.78 is 15.6. The number of Topliss-reactive ketones (excluding diaryl/α,β-unsaturated/α-hetero) is 1. The Morgan fingerprint density at radius 3 is 2.47 bits per heavy atom. The van der Waals surface area contributed by atoms with Crippen molar-refractivity contribution in [2.45, 2.75) is 33.7 Å². The third-order valence-corrected chi connectivity index (χ3v) is 5.40. The molecule has 2 N–H and O–H groups in total. The first-order valence-corrected chi connectivity index (χ1v) is 9.74. The number of amides is 1. The van der Waals surface area contributed by atoms with Crippen LogP contribution in [0.25, 0.3) is 5.76 Å². The van der Waals surface area contributed by atoms with Gasteiger partial charge in [-0.1, -0.05) is 5.16 Å². The van der Waals surface area contributed by atoms with Gasteiger partial charge < -0.3 is 23.8 Å². The molecule has 0 radical (unpaired) electrons. The van der Waals surface area contributed by atoms with Crippen molar-refractivity contribution in [3.8, 4) is 0 Å². The molecule has 166 valence electrons. The molecule has 1 fully saturated rings. The molecule has 1 atom stereocenters. The number of aryl methyl sites for hydroxylation is 3. The van der Waals surface area contributed by atoms with Gasteiger partial charge in [-0.3, -0.25) is 14.5 Å². The Balaban J connectivity index is 1.96. The monoisotopic (exact) mass is 439 g/mol. The molecule has 0 aliphatic carbocycles. The van der Waals surface area contributed by atoms with Gasteiger partial charge in [0, 0.05) is 17.3 Å². The van der Waals surface area contributed by atoms with Gasteiger partial charge in [-0.05, 0) is 45.4 Å². The van der Waals surface area contributed by atoms with Crippen LogP contribution in [0.15, 0.2) is 32.7 Å². The molecule has 0 saturated carbocycles. The van der Waals surface area contributed by atoms with Crippen molar-refractivity contribution in [1.29, 1.82) is 0 Å². The van der Waals surface area contributed by atoms with Crippen LogP contribution in [0, 0.1) is 27.7 Å². The van der Waals surface area contributed by atoms with Crippen molar-refractivity contribution >= 4 is 29.2 Å². The molecule has 1 saturated heterocycles. The smallest absolute Gasteiger partial charge is 0.354 e. The van der Waals surface area contributed by atoms with Crippen LogP contribution in [0.4, 0.5) is 5.82 Å². The van der Waals surface area contributed by atoms with Crippen molar-refractivity contribution in [1.82, 2.24) is 10.1 Å². The van der Waals surface area contributed by atoms with E-state index in [2.05, 4.69) is 10.1 Å². The quantitative estimate of drug-likeness (QED) is 0.273. The molecule has 1 amide bonds. The normalized spacial score (nSPS) is 17.9. The van der Waals surface area contributed by atoms with E-state index in [-0.39, 0.29) is 28.4 Å². The van der Waals surface area contributed by atoms with Crippen molar-refractivity contribution in [2.75, 3.05) is 12.0 Å². The molecule has 1 aliphatic heterocycles. The molecule has 4 rings (SSSR count). The highest BCUT2D eigenvalue weighted by Crippen LogP contribution is 2.43. The van der Waals surface area contributed by atoms with Gasteiger partial charge in [0.25, 0.3) is 5.78 Å². The predicted molar refractivity (Wildman–Crippen MR) is 111 cm³/mol. The lowest BCUT2D eigenvalue weighted by Gasteiger charge is -2.20. The third-order valence-electron chi connectivity index (χ3n) is 5.40. The minimum atomic E-state index is -1.08. The molecule has 4 heterocycles. The van der Waals surface area contributed by atoms with Crippen LogP contribution < -0.4 is 4.90 Å². The molecule has 0 aromatic carbocycles. The highest BCUT2D eigenvalue weighted by Gasteiger charge is 2.50. The lowest BCUT2D eigenvalue weighted by Crippen LogP contribution is -2.29. The molecule has 3 aromatic heterocycles. The van der Waals surface area contributed by atoms with Gasteiger partial charge in [0.2, 0.25) is 0 Å². The summed E-state index contributed by atoms with van der Waals surface area (Å²) in [5.74, 6) is -1.49. The number of rotatable bonds is 4. The SMILES string of the molecule is COC(=O)c1[nH]c(C)c(/C(O)=C2\C(=O)C(=O)N(c3cc(C)on3)C2c2ccc(C)o2)c1C. The topological polar surface area (TPSA) is 139 Å². The summed E-state index contributed by atoms with van der Waals surface area (Å²) in [5.41, 5.74) is 0.987. The van der Waals surface area contributed by atoms with Crippen LogP contribution in [-0.4, -0.2) is 40.0 Å². The zero-order valence-electron chi connectivity index (χ0n) is 18.1. The molecule has 1 unspecified atom stereocenters. The Kier molecular flexibility index (Phi) is 5.00. The number of nitrogens with zero attached hydrogens (tertiary/aromatic N) is 2. The number of hydrogen-bond donors (Lipinski definition) is 2. The van der Waals surface area contributed by atoms with Crippen molar-refractivity contribution in [3.63, 3.8) is 0 Å². The number of hydrogen-bond acceptors (Lipinski definition) is 8. The number of aromatic amines is 1. The minimum Gasteiger partial charge on any atom is -0.507 e. The maximum atomic E-state index is 13.1. The number of aliphatic hydroxyl groups is 1. The second-order valence-electron chi connectivity index (χ2n) is 7.53. The van der Waals surface area contributed by atoms with Gasteiger partial charge in [0.15, 0.2) is 5.82 Å². The Bertz CT molecular complexity index is 1290. The number of ether oxygens (including phenoxy) is 1. The number of ketones is 1. The van der Waals surface area contributed by atoms with Gasteiger partial charge in [-0.2, -0.15) is 0 Å². The van der Waals surface area contributed by atoms with Crippen LogP contribution in [0.3, 0.4) is 0 Å². The Labute approximate surface area is 182 Å². The Hall–Kier alpha value is -4.08. The van der Waals surface area contributed by atoms with Gasteiger partial charge in [0.1, 0.15) is 34.8 Å². The summed E-state index contributed by atoms with van der Waals surface area (Å²) in [7, 11) is 1.24. The van der Waals surface area contributed by atoms with Crippen LogP contribution in [0.1, 0.15) is 50.6 Å². The predicted octanol–water partition coefficient (Wildman–Crippen LogP) is 3.24. The largest absolute Gasteiger partial charge is 0.507 e. The molecule has 1 aliphatic rings. The number of aliphatic hydroxyl groups excluding tert-OH is 1. The highest BCUT2D eigenvalue weighted by molar-refractivity contribution is 6.51. The average molecular weight is 439 g/mol. The summed E-state index contributed by atoms with van der Waals surface area (Å²) in [6.07, 6.45) is 0. The van der Waals surface area contributed by atoms with E-state index in [0.717, 1.165) is 4.90 Å². The van der Waals surface area contributed by atoms with Gasteiger partial charge in [0.05, 0.1) is 12.7 Å². The number of nitrogens with one attached hydrogen (secondary N) is 1. The van der Waals surface area contributed by atoms with E-state index in [1.807, 2.05) is 0 Å². The summed E-state index contributed by atoms with van der Waals surface area (Å²) in [6.45, 7) is 6.62. The van der Waals surface area contributed by atoms with Crippen molar-refractivity contribution in [2.24, 2.45) is 0 Å². The fraction of sp³-hybridized carbons (Fsp3) is 0.273. The number of furan rings is 1. The van der Waals surface area contributed by atoms with E-state index in [1.165, 1.54) is 13.2 Å². The fourth-order valence-electron chi connectivity index (χ4n) is 3.95. The lowest BCUT2D eigenvalue weighted by atomic mass is 9.97. The second-order valence-corrected chi connectivity index (χ2v) is 7.53. The summed E-state index contributed by atoms with van der Waals surface area (Å²) in [6, 6.07) is 3.74. The molecule has 3 aromatic rings. The van der Waals surface area contributed by atoms with Gasteiger partial charge in [-0.15, -0.1) is 0 Å². The molecule has 0 bridgehead atoms. The van der Waals surface area contributed by atoms with Crippen LogP contribution in [0.5, 0.6) is 0 Å². The molecule has 10 heteroatoms. The summed E-state index contributed by atoms with van der Waals surface area (Å²) >= 11 is 0. The lowest BCUT2D eigenvalue weighted by molar-refractivity contribution is -0.132. The maximum Gasteiger partial charge on any atom is 0.354 e. The summed E-state index contributed by atoms with van der Waals surface area (Å²) in [4.78, 5) is 42.2. The van der Waals surface area contributed by atoms with Crippen LogP contribution in [-0.2, 0) is 14.3 Å². The standard InChI is InChI=1S/C22H21N3O7/c1-9-6-7-13(31-9)18-16(20(27)21(28)25(18)14-8-10(2)32-24-14)19(26)15-11(3)17(22(29)30-5)23-12(15)4/h6-8,18,23,26H,1-5H3/b19-16+. The molecular formula is C22H21N3O7. The number of carbonyl (C=O) groups is 3. The zero-order valence-corrected chi connectivity index (χ0v) is 18.1. The number of methoxy groups -OCH3 is 1.